The number of methoxy groups -OCH3 is 2. The maximum absolute atomic E-state index is 12.1. The van der Waals surface area contributed by atoms with E-state index in [4.69, 9.17) is 21.1 Å². The van der Waals surface area contributed by atoms with Gasteiger partial charge in [0.05, 0.1) is 31.0 Å². The number of aromatic hydroxyl groups is 1. The van der Waals surface area contributed by atoms with Gasteiger partial charge >= 0.3 is 0 Å². The summed E-state index contributed by atoms with van der Waals surface area (Å²) in [6.45, 7) is 0. The molecule has 23 heavy (non-hydrogen) atoms. The summed E-state index contributed by atoms with van der Waals surface area (Å²) in [5.41, 5.74) is 3.33. The van der Waals surface area contributed by atoms with E-state index in [0.29, 0.717) is 16.9 Å². The second-order valence-electron chi connectivity index (χ2n) is 4.45. The molecule has 0 aliphatic carbocycles. The lowest BCUT2D eigenvalue weighted by molar-refractivity contribution is 0.0952. The Morgan fingerprint density at radius 1 is 1.22 bits per heavy atom. The molecule has 6 nitrogen and oxygen atoms in total. The van der Waals surface area contributed by atoms with Gasteiger partial charge in [0, 0.05) is 0 Å². The summed E-state index contributed by atoms with van der Waals surface area (Å²) >= 11 is 5.88. The standard InChI is InChI=1S/C16H15ClN2O4/c1-22-13-6-4-3-5-11(13)16(21)19-18-9-10-7-12(17)15(20)14(8-10)23-2/h3-9,20H,1-2H3,(H,19,21)/b18-9+. The van der Waals surface area contributed by atoms with Crippen molar-refractivity contribution in [3.8, 4) is 17.2 Å². The molecule has 0 saturated heterocycles. The number of para-hydroxylation sites is 1. The topological polar surface area (TPSA) is 80.2 Å². The zero-order valence-corrected chi connectivity index (χ0v) is 13.3. The highest BCUT2D eigenvalue weighted by atomic mass is 35.5. The average molecular weight is 335 g/mol. The van der Waals surface area contributed by atoms with E-state index in [1.165, 1.54) is 26.5 Å². The van der Waals surface area contributed by atoms with Crippen molar-refractivity contribution < 1.29 is 19.4 Å². The summed E-state index contributed by atoms with van der Waals surface area (Å²) in [7, 11) is 2.90. The minimum absolute atomic E-state index is 0.127. The van der Waals surface area contributed by atoms with Crippen molar-refractivity contribution >= 4 is 23.7 Å². The second kappa shape index (κ2) is 7.51. The normalized spacial score (nSPS) is 10.6. The zero-order chi connectivity index (χ0) is 16.8. The Bertz CT molecular complexity index is 747. The first-order valence-corrected chi connectivity index (χ1v) is 6.97. The van der Waals surface area contributed by atoms with Crippen molar-refractivity contribution in [3.63, 3.8) is 0 Å². The van der Waals surface area contributed by atoms with E-state index in [-0.39, 0.29) is 16.5 Å². The molecule has 0 fully saturated rings. The number of phenols is 1. The van der Waals surface area contributed by atoms with Crippen molar-refractivity contribution in [1.29, 1.82) is 0 Å². The minimum atomic E-state index is -0.407. The maximum atomic E-state index is 12.1. The SMILES string of the molecule is COc1ccccc1C(=O)N/N=C/c1cc(Cl)c(O)c(OC)c1. The van der Waals surface area contributed by atoms with Crippen LogP contribution >= 0.6 is 11.6 Å². The summed E-state index contributed by atoms with van der Waals surface area (Å²) in [5.74, 6) is 0.115. The molecule has 0 aliphatic rings. The molecule has 2 N–H and O–H groups in total. The summed E-state index contributed by atoms with van der Waals surface area (Å²) < 4.78 is 10.1. The number of nitrogens with zero attached hydrogens (tertiary/aromatic N) is 1. The van der Waals surface area contributed by atoms with E-state index in [9.17, 15) is 9.90 Å². The monoisotopic (exact) mass is 334 g/mol. The number of carbonyl (C=O) groups excluding carboxylic acids is 1. The molecule has 0 heterocycles. The number of carbonyl (C=O) groups is 1. The first kappa shape index (κ1) is 16.6. The molecule has 1 amide bonds. The molecule has 0 radical (unpaired) electrons. The lowest BCUT2D eigenvalue weighted by Crippen LogP contribution is -2.18. The third-order valence-corrected chi connectivity index (χ3v) is 3.29. The number of nitrogens with one attached hydrogen (secondary N) is 1. The predicted octanol–water partition coefficient (Wildman–Crippen LogP) is 2.83. The van der Waals surface area contributed by atoms with E-state index in [1.54, 1.807) is 30.3 Å². The summed E-state index contributed by atoms with van der Waals surface area (Å²) in [6.07, 6.45) is 1.39. The quantitative estimate of drug-likeness (QED) is 0.651. The molecule has 0 unspecified atom stereocenters. The lowest BCUT2D eigenvalue weighted by Gasteiger charge is -2.07. The van der Waals surface area contributed by atoms with Crippen LogP contribution in [0.25, 0.3) is 0 Å². The molecule has 0 aliphatic heterocycles. The van der Waals surface area contributed by atoms with Crippen LogP contribution in [0.1, 0.15) is 15.9 Å². The molecule has 0 aromatic heterocycles. The van der Waals surface area contributed by atoms with Crippen LogP contribution in [0.4, 0.5) is 0 Å². The number of ether oxygens (including phenoxy) is 2. The van der Waals surface area contributed by atoms with Gasteiger partial charge in [0.15, 0.2) is 11.5 Å². The van der Waals surface area contributed by atoms with E-state index in [1.807, 2.05) is 0 Å². The molecule has 0 spiro atoms. The molecular weight excluding hydrogens is 320 g/mol. The van der Waals surface area contributed by atoms with E-state index in [2.05, 4.69) is 10.5 Å². The number of hydrazone groups is 1. The smallest absolute Gasteiger partial charge is 0.275 e. The molecule has 7 heteroatoms. The molecule has 0 bridgehead atoms. The highest BCUT2D eigenvalue weighted by Crippen LogP contribution is 2.34. The first-order valence-electron chi connectivity index (χ1n) is 6.59. The van der Waals surface area contributed by atoms with Crippen molar-refractivity contribution in [2.24, 2.45) is 5.10 Å². The van der Waals surface area contributed by atoms with Crippen LogP contribution in [-0.2, 0) is 0 Å². The molecule has 0 saturated carbocycles. The van der Waals surface area contributed by atoms with Crippen molar-refractivity contribution in [3.05, 3.63) is 52.5 Å². The Hall–Kier alpha value is -2.73. The highest BCUT2D eigenvalue weighted by Gasteiger charge is 2.11. The van der Waals surface area contributed by atoms with Crippen LogP contribution in [0.15, 0.2) is 41.5 Å². The van der Waals surface area contributed by atoms with Gasteiger partial charge in [0.25, 0.3) is 5.91 Å². The van der Waals surface area contributed by atoms with Crippen LogP contribution in [0.3, 0.4) is 0 Å². The van der Waals surface area contributed by atoms with E-state index < -0.39 is 5.91 Å². The average Bonchev–Trinajstić information content (AvgIpc) is 2.57. The number of amides is 1. The van der Waals surface area contributed by atoms with Gasteiger partial charge in [-0.05, 0) is 29.8 Å². The maximum Gasteiger partial charge on any atom is 0.275 e. The fourth-order valence-corrected chi connectivity index (χ4v) is 2.10. The van der Waals surface area contributed by atoms with Gasteiger partial charge in [-0.3, -0.25) is 4.79 Å². The molecule has 120 valence electrons. The van der Waals surface area contributed by atoms with Crippen LogP contribution in [-0.4, -0.2) is 31.4 Å². The number of phenolic OH excluding ortho intramolecular Hbond substituents is 1. The number of hydrogen-bond acceptors (Lipinski definition) is 5. The van der Waals surface area contributed by atoms with Gasteiger partial charge in [-0.25, -0.2) is 5.43 Å². The summed E-state index contributed by atoms with van der Waals surface area (Å²) in [4.78, 5) is 12.1. The van der Waals surface area contributed by atoms with Gasteiger partial charge in [-0.15, -0.1) is 0 Å². The van der Waals surface area contributed by atoms with Crippen molar-refractivity contribution in [1.82, 2.24) is 5.43 Å². The molecule has 2 aromatic rings. The number of hydrogen-bond donors (Lipinski definition) is 2. The molecular formula is C16H15ClN2O4. The summed E-state index contributed by atoms with van der Waals surface area (Å²) in [5, 5.41) is 13.6. The fraction of sp³-hybridized carbons (Fsp3) is 0.125. The minimum Gasteiger partial charge on any atom is -0.503 e. The third kappa shape index (κ3) is 3.92. The fourth-order valence-electron chi connectivity index (χ4n) is 1.88. The summed E-state index contributed by atoms with van der Waals surface area (Å²) in [6, 6.07) is 9.85. The van der Waals surface area contributed by atoms with Crippen LogP contribution in [0.5, 0.6) is 17.2 Å². The van der Waals surface area contributed by atoms with Crippen LogP contribution in [0, 0.1) is 0 Å². The zero-order valence-electron chi connectivity index (χ0n) is 12.5. The molecule has 0 atom stereocenters. The Balaban J connectivity index is 2.13. The van der Waals surface area contributed by atoms with Crippen LogP contribution in [0.2, 0.25) is 5.02 Å². The number of rotatable bonds is 5. The third-order valence-electron chi connectivity index (χ3n) is 3.00. The van der Waals surface area contributed by atoms with Gasteiger partial charge in [0.2, 0.25) is 0 Å². The first-order chi connectivity index (χ1) is 11.1. The van der Waals surface area contributed by atoms with Gasteiger partial charge in [0.1, 0.15) is 5.75 Å². The number of benzene rings is 2. The Kier molecular flexibility index (Phi) is 5.43. The van der Waals surface area contributed by atoms with Gasteiger partial charge in [-0.2, -0.15) is 5.10 Å². The Labute approximate surface area is 138 Å². The molecule has 2 rings (SSSR count). The van der Waals surface area contributed by atoms with Gasteiger partial charge in [-0.1, -0.05) is 23.7 Å². The van der Waals surface area contributed by atoms with Gasteiger partial charge < -0.3 is 14.6 Å². The van der Waals surface area contributed by atoms with E-state index in [0.717, 1.165) is 0 Å². The number of halogens is 1. The second-order valence-corrected chi connectivity index (χ2v) is 4.86. The van der Waals surface area contributed by atoms with Crippen LogP contribution < -0.4 is 14.9 Å². The Morgan fingerprint density at radius 3 is 2.61 bits per heavy atom. The molecule has 2 aromatic carbocycles. The van der Waals surface area contributed by atoms with E-state index >= 15 is 0 Å². The highest BCUT2D eigenvalue weighted by molar-refractivity contribution is 6.32. The lowest BCUT2D eigenvalue weighted by atomic mass is 10.2. The van der Waals surface area contributed by atoms with Crippen molar-refractivity contribution in [2.75, 3.05) is 14.2 Å². The Morgan fingerprint density at radius 2 is 1.91 bits per heavy atom. The predicted molar refractivity (Wildman–Crippen MR) is 87.7 cm³/mol. The van der Waals surface area contributed by atoms with Crippen molar-refractivity contribution in [2.45, 2.75) is 0 Å². The largest absolute Gasteiger partial charge is 0.503 e.